The van der Waals surface area contributed by atoms with Crippen LogP contribution in [0.5, 0.6) is 0 Å². The molecule has 0 saturated heterocycles. The first-order valence-electron chi connectivity index (χ1n) is 9.20. The summed E-state index contributed by atoms with van der Waals surface area (Å²) in [5.74, 6) is 0.199. The Hall–Kier alpha value is -2.62. The third kappa shape index (κ3) is 4.72. The highest BCUT2D eigenvalue weighted by atomic mass is 15.2. The fourth-order valence-corrected chi connectivity index (χ4v) is 3.27. The van der Waals surface area contributed by atoms with Crippen molar-refractivity contribution in [2.75, 3.05) is 7.05 Å². The molecule has 0 bridgehead atoms. The highest BCUT2D eigenvalue weighted by Gasteiger charge is 2.31. The summed E-state index contributed by atoms with van der Waals surface area (Å²) in [4.78, 5) is 8.92. The van der Waals surface area contributed by atoms with Gasteiger partial charge in [0.05, 0.1) is 17.1 Å². The van der Waals surface area contributed by atoms with Gasteiger partial charge in [-0.05, 0) is 37.8 Å². The lowest BCUT2D eigenvalue weighted by Gasteiger charge is -2.27. The van der Waals surface area contributed by atoms with Gasteiger partial charge in [0.15, 0.2) is 0 Å². The van der Waals surface area contributed by atoms with E-state index in [-0.39, 0.29) is 5.92 Å². The van der Waals surface area contributed by atoms with Gasteiger partial charge < -0.3 is 0 Å². The van der Waals surface area contributed by atoms with Crippen LogP contribution in [-0.2, 0) is 0 Å². The number of rotatable bonds is 6. The summed E-state index contributed by atoms with van der Waals surface area (Å²) in [7, 11) is 1.79. The van der Waals surface area contributed by atoms with Crippen molar-refractivity contribution < 1.29 is 0 Å². The SMILES string of the molecule is C=C/C=C\C(=N/C)C1=NN=C(C(=C/C)/N=C\C=C)/C2=C/CCCCCC12. The first-order valence-corrected chi connectivity index (χ1v) is 9.20. The fourth-order valence-electron chi connectivity index (χ4n) is 3.27. The Bertz CT molecular complexity index is 742. The van der Waals surface area contributed by atoms with Crippen molar-refractivity contribution in [3.63, 3.8) is 0 Å². The zero-order valence-corrected chi connectivity index (χ0v) is 15.9. The van der Waals surface area contributed by atoms with Crippen LogP contribution in [0.25, 0.3) is 0 Å². The van der Waals surface area contributed by atoms with Crippen LogP contribution in [0.1, 0.15) is 39.0 Å². The van der Waals surface area contributed by atoms with E-state index in [4.69, 9.17) is 0 Å². The third-order valence-corrected chi connectivity index (χ3v) is 4.53. The standard InChI is InChI=1S/C22H28N4/c1-5-8-15-20(23-4)22-18-14-12-10-9-11-13-17(18)21(25-26-22)19(7-3)24-16-6-2/h5-8,13,15-16,18H,1-2,9-12,14H2,3-4H3/b15-8-,17-13+,19-7-,23-20+,24-16-. The number of hydrogen-bond donors (Lipinski definition) is 0. The molecule has 0 aromatic heterocycles. The second-order valence-corrected chi connectivity index (χ2v) is 6.18. The van der Waals surface area contributed by atoms with Crippen LogP contribution in [-0.4, -0.2) is 30.4 Å². The van der Waals surface area contributed by atoms with Gasteiger partial charge in [0, 0.05) is 19.2 Å². The van der Waals surface area contributed by atoms with Gasteiger partial charge in [-0.1, -0.05) is 56.4 Å². The highest BCUT2D eigenvalue weighted by molar-refractivity contribution is 6.49. The maximum Gasteiger partial charge on any atom is 0.114 e. The molecule has 0 saturated carbocycles. The molecule has 136 valence electrons. The second-order valence-electron chi connectivity index (χ2n) is 6.18. The predicted molar refractivity (Wildman–Crippen MR) is 115 cm³/mol. The van der Waals surface area contributed by atoms with Crippen molar-refractivity contribution in [3.05, 3.63) is 60.9 Å². The Balaban J connectivity index is 2.55. The zero-order valence-electron chi connectivity index (χ0n) is 15.9. The summed E-state index contributed by atoms with van der Waals surface area (Å²) < 4.78 is 0. The molecule has 0 aromatic rings. The molecule has 0 aromatic carbocycles. The molecule has 26 heavy (non-hydrogen) atoms. The molecule has 1 aliphatic heterocycles. The minimum absolute atomic E-state index is 0.199. The Morgan fingerprint density at radius 1 is 1.19 bits per heavy atom. The van der Waals surface area contributed by atoms with Crippen LogP contribution in [0.3, 0.4) is 0 Å². The Labute approximate surface area is 156 Å². The third-order valence-electron chi connectivity index (χ3n) is 4.53. The average molecular weight is 348 g/mol. The maximum absolute atomic E-state index is 4.58. The number of allylic oxidation sites excluding steroid dienone is 7. The van der Waals surface area contributed by atoms with Gasteiger partial charge in [0.25, 0.3) is 0 Å². The minimum atomic E-state index is 0.199. The lowest BCUT2D eigenvalue weighted by Crippen LogP contribution is -2.31. The molecule has 0 radical (unpaired) electrons. The first kappa shape index (κ1) is 19.7. The van der Waals surface area contributed by atoms with Crippen molar-refractivity contribution in [3.8, 4) is 0 Å². The van der Waals surface area contributed by atoms with E-state index in [1.807, 2.05) is 25.2 Å². The number of nitrogens with zero attached hydrogens (tertiary/aromatic N) is 4. The van der Waals surface area contributed by atoms with Gasteiger partial charge in [0.1, 0.15) is 5.71 Å². The maximum atomic E-state index is 4.58. The van der Waals surface area contributed by atoms with Crippen LogP contribution in [0.2, 0.25) is 0 Å². The minimum Gasteiger partial charge on any atom is -0.287 e. The second kappa shape index (κ2) is 10.4. The highest BCUT2D eigenvalue weighted by Crippen LogP contribution is 2.32. The summed E-state index contributed by atoms with van der Waals surface area (Å²) in [6.45, 7) is 9.42. The predicted octanol–water partition coefficient (Wildman–Crippen LogP) is 5.28. The molecular formula is C22H28N4. The summed E-state index contributed by atoms with van der Waals surface area (Å²) in [6, 6.07) is 0. The van der Waals surface area contributed by atoms with Gasteiger partial charge in [-0.3, -0.25) is 9.98 Å². The van der Waals surface area contributed by atoms with E-state index in [9.17, 15) is 0 Å². The monoisotopic (exact) mass is 348 g/mol. The Kier molecular flexibility index (Phi) is 7.87. The normalized spacial score (nSPS) is 24.2. The van der Waals surface area contributed by atoms with E-state index < -0.39 is 0 Å². The largest absolute Gasteiger partial charge is 0.287 e. The lowest BCUT2D eigenvalue weighted by molar-refractivity contribution is 0.588. The number of fused-ring (bicyclic) bond motifs is 1. The van der Waals surface area contributed by atoms with Crippen molar-refractivity contribution in [2.45, 2.75) is 39.0 Å². The summed E-state index contributed by atoms with van der Waals surface area (Å²) in [5, 5.41) is 9.12. The van der Waals surface area contributed by atoms with E-state index in [1.165, 1.54) is 24.8 Å². The van der Waals surface area contributed by atoms with Crippen LogP contribution >= 0.6 is 0 Å². The zero-order chi connectivity index (χ0) is 18.8. The molecule has 1 atom stereocenters. The van der Waals surface area contributed by atoms with Crippen molar-refractivity contribution in [1.29, 1.82) is 0 Å². The van der Waals surface area contributed by atoms with E-state index in [0.29, 0.717) is 0 Å². The molecule has 0 N–H and O–H groups in total. The lowest BCUT2D eigenvalue weighted by atomic mass is 9.80. The number of aliphatic imine (C=N–C) groups is 2. The molecule has 4 nitrogen and oxygen atoms in total. The molecule has 0 amide bonds. The summed E-state index contributed by atoms with van der Waals surface area (Å²) in [5.41, 5.74) is 4.72. The summed E-state index contributed by atoms with van der Waals surface area (Å²) >= 11 is 0. The van der Waals surface area contributed by atoms with Gasteiger partial charge in [-0.2, -0.15) is 5.10 Å². The molecule has 1 unspecified atom stereocenters. The van der Waals surface area contributed by atoms with E-state index in [0.717, 1.165) is 35.7 Å². The van der Waals surface area contributed by atoms with Gasteiger partial charge in [0.2, 0.25) is 0 Å². The van der Waals surface area contributed by atoms with Crippen LogP contribution in [0, 0.1) is 5.92 Å². The van der Waals surface area contributed by atoms with Crippen LogP contribution in [0.4, 0.5) is 0 Å². The number of hydrogen-bond acceptors (Lipinski definition) is 4. The van der Waals surface area contributed by atoms with Crippen molar-refractivity contribution in [2.24, 2.45) is 26.1 Å². The molecule has 2 rings (SSSR count). The van der Waals surface area contributed by atoms with Gasteiger partial charge >= 0.3 is 0 Å². The van der Waals surface area contributed by atoms with Gasteiger partial charge in [-0.25, -0.2) is 0 Å². The van der Waals surface area contributed by atoms with E-state index >= 15 is 0 Å². The van der Waals surface area contributed by atoms with Gasteiger partial charge in [-0.15, -0.1) is 5.10 Å². The smallest absolute Gasteiger partial charge is 0.114 e. The topological polar surface area (TPSA) is 49.4 Å². The van der Waals surface area contributed by atoms with Crippen molar-refractivity contribution in [1.82, 2.24) is 0 Å². The van der Waals surface area contributed by atoms with E-state index in [1.54, 1.807) is 25.4 Å². The Morgan fingerprint density at radius 2 is 2.04 bits per heavy atom. The first-order chi connectivity index (χ1) is 12.8. The molecule has 2 aliphatic rings. The molecular weight excluding hydrogens is 320 g/mol. The molecule has 4 heteroatoms. The van der Waals surface area contributed by atoms with Crippen LogP contribution < -0.4 is 0 Å². The molecule has 1 aliphatic carbocycles. The molecule has 0 spiro atoms. The molecule has 1 heterocycles. The molecule has 0 fully saturated rings. The summed E-state index contributed by atoms with van der Waals surface area (Å²) in [6.07, 6.45) is 19.0. The Morgan fingerprint density at radius 3 is 2.73 bits per heavy atom. The fraction of sp³-hybridized carbons (Fsp3) is 0.364. The van der Waals surface area contributed by atoms with E-state index in [2.05, 4.69) is 39.4 Å². The quantitative estimate of drug-likeness (QED) is 0.463. The van der Waals surface area contributed by atoms with Crippen LogP contribution in [0.15, 0.2) is 81.1 Å². The average Bonchev–Trinajstić information content (AvgIpc) is 2.64. The van der Waals surface area contributed by atoms with Crippen molar-refractivity contribution >= 4 is 23.3 Å².